The van der Waals surface area contributed by atoms with Crippen molar-refractivity contribution >= 4 is 0 Å². The number of ether oxygens (including phenoxy) is 1. The highest BCUT2D eigenvalue weighted by molar-refractivity contribution is 5.22. The molecule has 1 heterocycles. The molecule has 96 valence electrons. The van der Waals surface area contributed by atoms with Crippen molar-refractivity contribution in [1.29, 1.82) is 0 Å². The Morgan fingerprint density at radius 2 is 2.22 bits per heavy atom. The number of halogens is 1. The summed E-state index contributed by atoms with van der Waals surface area (Å²) >= 11 is 0. The average molecular weight is 249 g/mol. The number of rotatable bonds is 6. The highest BCUT2D eigenvalue weighted by Gasteiger charge is 2.05. The van der Waals surface area contributed by atoms with Gasteiger partial charge in [-0.2, -0.15) is 0 Å². The number of hydrogen-bond donors (Lipinski definition) is 1. The van der Waals surface area contributed by atoms with E-state index in [1.807, 2.05) is 19.1 Å². The molecule has 0 spiro atoms. The van der Waals surface area contributed by atoms with E-state index in [1.165, 1.54) is 12.1 Å². The first kappa shape index (κ1) is 12.6. The Morgan fingerprint density at radius 1 is 1.33 bits per heavy atom. The third kappa shape index (κ3) is 3.89. The predicted octanol–water partition coefficient (Wildman–Crippen LogP) is 2.98. The van der Waals surface area contributed by atoms with Crippen LogP contribution in [0.2, 0.25) is 0 Å². The van der Waals surface area contributed by atoms with Gasteiger partial charge in [-0.3, -0.25) is 0 Å². The molecule has 3 nitrogen and oxygen atoms in total. The van der Waals surface area contributed by atoms with E-state index in [0.717, 1.165) is 5.76 Å². The van der Waals surface area contributed by atoms with Crippen molar-refractivity contribution in [3.8, 4) is 5.75 Å². The van der Waals surface area contributed by atoms with Crippen LogP contribution in [0.3, 0.4) is 0 Å². The van der Waals surface area contributed by atoms with E-state index in [9.17, 15) is 4.39 Å². The Bertz CT molecular complexity index is 470. The fourth-order valence-corrected chi connectivity index (χ4v) is 1.63. The van der Waals surface area contributed by atoms with E-state index >= 15 is 0 Å². The summed E-state index contributed by atoms with van der Waals surface area (Å²) in [7, 11) is 0. The van der Waals surface area contributed by atoms with E-state index in [-0.39, 0.29) is 11.9 Å². The van der Waals surface area contributed by atoms with Gasteiger partial charge in [-0.1, -0.05) is 6.07 Å². The zero-order valence-electron chi connectivity index (χ0n) is 10.2. The van der Waals surface area contributed by atoms with Crippen LogP contribution < -0.4 is 10.1 Å². The van der Waals surface area contributed by atoms with Crippen LogP contribution in [0.15, 0.2) is 47.1 Å². The van der Waals surface area contributed by atoms with Crippen molar-refractivity contribution in [3.05, 3.63) is 54.2 Å². The molecule has 1 aromatic heterocycles. The van der Waals surface area contributed by atoms with Gasteiger partial charge in [-0.05, 0) is 31.2 Å². The Kier molecular flexibility index (Phi) is 4.36. The number of hydrogen-bond acceptors (Lipinski definition) is 3. The summed E-state index contributed by atoms with van der Waals surface area (Å²) in [5.74, 6) is 1.14. The van der Waals surface area contributed by atoms with E-state index in [4.69, 9.17) is 9.15 Å². The van der Waals surface area contributed by atoms with Gasteiger partial charge >= 0.3 is 0 Å². The normalized spacial score (nSPS) is 12.3. The molecular weight excluding hydrogens is 233 g/mol. The van der Waals surface area contributed by atoms with E-state index < -0.39 is 0 Å². The molecule has 1 atom stereocenters. The van der Waals surface area contributed by atoms with Crippen LogP contribution in [0.1, 0.15) is 12.7 Å². The molecule has 0 saturated heterocycles. The van der Waals surface area contributed by atoms with Crippen LogP contribution in [0.4, 0.5) is 4.39 Å². The zero-order valence-corrected chi connectivity index (χ0v) is 10.2. The first-order valence-corrected chi connectivity index (χ1v) is 5.89. The lowest BCUT2D eigenvalue weighted by Crippen LogP contribution is -2.28. The Hall–Kier alpha value is -1.81. The first-order valence-electron chi connectivity index (χ1n) is 5.89. The fourth-order valence-electron chi connectivity index (χ4n) is 1.63. The summed E-state index contributed by atoms with van der Waals surface area (Å²) in [4.78, 5) is 0. The summed E-state index contributed by atoms with van der Waals surface area (Å²) in [5, 5.41) is 3.21. The van der Waals surface area contributed by atoms with Crippen molar-refractivity contribution in [2.24, 2.45) is 0 Å². The lowest BCUT2D eigenvalue weighted by Gasteiger charge is -2.15. The quantitative estimate of drug-likeness (QED) is 0.854. The lowest BCUT2D eigenvalue weighted by atomic mass is 10.3. The summed E-state index contributed by atoms with van der Waals surface area (Å²) in [5.41, 5.74) is 0. The SMILES string of the molecule is CC(CNCc1ccco1)Oc1cccc(F)c1. The van der Waals surface area contributed by atoms with Gasteiger partial charge in [0.15, 0.2) is 0 Å². The van der Waals surface area contributed by atoms with Crippen LogP contribution in [-0.4, -0.2) is 12.6 Å². The van der Waals surface area contributed by atoms with Crippen LogP contribution in [0, 0.1) is 5.82 Å². The molecule has 0 saturated carbocycles. The zero-order chi connectivity index (χ0) is 12.8. The molecule has 1 aromatic carbocycles. The summed E-state index contributed by atoms with van der Waals surface area (Å²) in [6.07, 6.45) is 1.60. The monoisotopic (exact) mass is 249 g/mol. The van der Waals surface area contributed by atoms with Crippen molar-refractivity contribution < 1.29 is 13.5 Å². The topological polar surface area (TPSA) is 34.4 Å². The molecule has 2 rings (SSSR count). The maximum Gasteiger partial charge on any atom is 0.126 e. The van der Waals surface area contributed by atoms with Gasteiger partial charge in [-0.15, -0.1) is 0 Å². The predicted molar refractivity (Wildman–Crippen MR) is 66.9 cm³/mol. The molecular formula is C14H16FNO2. The standard InChI is InChI=1S/C14H16FNO2/c1-11(9-16-10-14-6-3-7-17-14)18-13-5-2-4-12(15)8-13/h2-8,11,16H,9-10H2,1H3. The van der Waals surface area contributed by atoms with Gasteiger partial charge in [0.1, 0.15) is 23.4 Å². The van der Waals surface area contributed by atoms with E-state index in [1.54, 1.807) is 18.4 Å². The molecule has 4 heteroatoms. The number of benzene rings is 1. The van der Waals surface area contributed by atoms with E-state index in [2.05, 4.69) is 5.32 Å². The van der Waals surface area contributed by atoms with Crippen LogP contribution in [-0.2, 0) is 6.54 Å². The van der Waals surface area contributed by atoms with Crippen molar-refractivity contribution in [1.82, 2.24) is 5.32 Å². The minimum atomic E-state index is -0.289. The summed E-state index contributed by atoms with van der Waals surface area (Å²) < 4.78 is 23.7. The smallest absolute Gasteiger partial charge is 0.126 e. The van der Waals surface area contributed by atoms with Gasteiger partial charge < -0.3 is 14.5 Å². The van der Waals surface area contributed by atoms with Crippen molar-refractivity contribution in [2.75, 3.05) is 6.54 Å². The molecule has 0 radical (unpaired) electrons. The molecule has 0 amide bonds. The van der Waals surface area contributed by atoms with Crippen molar-refractivity contribution in [2.45, 2.75) is 19.6 Å². The third-order valence-corrected chi connectivity index (χ3v) is 2.44. The highest BCUT2D eigenvalue weighted by atomic mass is 19.1. The Morgan fingerprint density at radius 3 is 2.94 bits per heavy atom. The number of furan rings is 1. The second kappa shape index (κ2) is 6.21. The Balaban J connectivity index is 1.73. The van der Waals surface area contributed by atoms with Gasteiger partial charge in [0.2, 0.25) is 0 Å². The summed E-state index contributed by atoms with van der Waals surface area (Å²) in [6, 6.07) is 9.91. The number of nitrogens with one attached hydrogen (secondary N) is 1. The maximum atomic E-state index is 12.9. The molecule has 2 aromatic rings. The molecule has 1 unspecified atom stereocenters. The Labute approximate surface area is 106 Å². The second-order valence-electron chi connectivity index (χ2n) is 4.10. The lowest BCUT2D eigenvalue weighted by molar-refractivity contribution is 0.215. The van der Waals surface area contributed by atoms with Crippen LogP contribution in [0.5, 0.6) is 5.75 Å². The van der Waals surface area contributed by atoms with Crippen LogP contribution in [0.25, 0.3) is 0 Å². The molecule has 18 heavy (non-hydrogen) atoms. The second-order valence-corrected chi connectivity index (χ2v) is 4.10. The molecule has 1 N–H and O–H groups in total. The fraction of sp³-hybridized carbons (Fsp3) is 0.286. The maximum absolute atomic E-state index is 12.9. The van der Waals surface area contributed by atoms with Gasteiger partial charge in [0.05, 0.1) is 12.8 Å². The van der Waals surface area contributed by atoms with Gasteiger partial charge in [0, 0.05) is 12.6 Å². The molecule has 0 fully saturated rings. The molecule has 0 aliphatic carbocycles. The minimum absolute atomic E-state index is 0.0400. The molecule has 0 bridgehead atoms. The van der Waals surface area contributed by atoms with Gasteiger partial charge in [0.25, 0.3) is 0 Å². The first-order chi connectivity index (χ1) is 8.74. The molecule has 0 aliphatic heterocycles. The summed E-state index contributed by atoms with van der Waals surface area (Å²) in [6.45, 7) is 3.25. The minimum Gasteiger partial charge on any atom is -0.489 e. The largest absolute Gasteiger partial charge is 0.489 e. The average Bonchev–Trinajstić information content (AvgIpc) is 2.82. The van der Waals surface area contributed by atoms with Crippen molar-refractivity contribution in [3.63, 3.8) is 0 Å². The van der Waals surface area contributed by atoms with Crippen LogP contribution >= 0.6 is 0 Å². The van der Waals surface area contributed by atoms with Gasteiger partial charge in [-0.25, -0.2) is 4.39 Å². The highest BCUT2D eigenvalue weighted by Crippen LogP contribution is 2.13. The molecule has 0 aliphatic rings. The van der Waals surface area contributed by atoms with E-state index in [0.29, 0.717) is 18.8 Å². The third-order valence-electron chi connectivity index (χ3n) is 2.44.